The van der Waals surface area contributed by atoms with Crippen LogP contribution in [0.3, 0.4) is 0 Å². The predicted molar refractivity (Wildman–Crippen MR) is 284 cm³/mol. The second-order valence-electron chi connectivity index (χ2n) is 17.8. The van der Waals surface area contributed by atoms with Gasteiger partial charge in [-0.1, -0.05) is 200 Å². The summed E-state index contributed by atoms with van der Waals surface area (Å²) in [7, 11) is 0. The van der Waals surface area contributed by atoms with Crippen LogP contribution in [0.5, 0.6) is 0 Å². The molecule has 68 heavy (non-hydrogen) atoms. The average Bonchev–Trinajstić information content (AvgIpc) is 3.94. The molecule has 0 fully saturated rings. The van der Waals surface area contributed by atoms with Crippen molar-refractivity contribution in [3.63, 3.8) is 0 Å². The van der Waals surface area contributed by atoms with Gasteiger partial charge >= 0.3 is 0 Å². The summed E-state index contributed by atoms with van der Waals surface area (Å²) in [5.41, 5.74) is 12.5. The number of benzene rings is 10. The van der Waals surface area contributed by atoms with Gasteiger partial charge in [-0.25, -0.2) is 4.98 Å². The second kappa shape index (κ2) is 15.3. The minimum absolute atomic E-state index is 0.577. The van der Waals surface area contributed by atoms with Crippen LogP contribution in [0.2, 0.25) is 0 Å². The lowest BCUT2D eigenvalue weighted by molar-refractivity contribution is 0.951. The van der Waals surface area contributed by atoms with Crippen LogP contribution in [0.15, 0.2) is 224 Å². The lowest BCUT2D eigenvalue weighted by atomic mass is 9.86. The Bertz CT molecular complexity index is 4140. The van der Waals surface area contributed by atoms with E-state index in [2.05, 4.69) is 197 Å². The number of allylic oxidation sites excluding steroid dienone is 4. The van der Waals surface area contributed by atoms with Gasteiger partial charge in [-0.15, -0.1) is 0 Å². The van der Waals surface area contributed by atoms with Crippen LogP contribution < -0.4 is 0 Å². The van der Waals surface area contributed by atoms with Crippen molar-refractivity contribution in [2.24, 2.45) is 0 Å². The van der Waals surface area contributed by atoms with Crippen LogP contribution in [0.1, 0.15) is 24.0 Å². The quantitative estimate of drug-likeness (QED) is 0.156. The van der Waals surface area contributed by atoms with E-state index in [9.17, 15) is 0 Å². The Morgan fingerprint density at radius 2 is 0.735 bits per heavy atom. The maximum Gasteiger partial charge on any atom is 0.238 e. The van der Waals surface area contributed by atoms with E-state index < -0.39 is 0 Å². The molecule has 0 spiro atoms. The highest BCUT2D eigenvalue weighted by Gasteiger charge is 2.27. The molecule has 3 heterocycles. The third kappa shape index (κ3) is 5.92. The Balaban J connectivity index is 1.07. The zero-order valence-corrected chi connectivity index (χ0v) is 37.0. The zero-order valence-electron chi connectivity index (χ0n) is 37.0. The molecule has 5 nitrogen and oxygen atoms in total. The van der Waals surface area contributed by atoms with Gasteiger partial charge in [-0.3, -0.25) is 4.57 Å². The highest BCUT2D eigenvalue weighted by Crippen LogP contribution is 2.46. The summed E-state index contributed by atoms with van der Waals surface area (Å²) in [5, 5.41) is 12.4. The van der Waals surface area contributed by atoms with Gasteiger partial charge in [0.2, 0.25) is 5.95 Å². The SMILES string of the molecule is C1=C(c2ccc3c4ccccc4c4ccccc4c3c2)CCC(n2c3ccccc3c3ccc4c5ccccc5n(-c5nc(-c6ccccc6)nc(-c6ccccc6)n5)c4c32)=C1c1ccccc1. The number of rotatable bonds is 6. The fourth-order valence-electron chi connectivity index (χ4n) is 11.0. The van der Waals surface area contributed by atoms with E-state index in [1.807, 2.05) is 36.4 Å². The van der Waals surface area contributed by atoms with E-state index in [1.165, 1.54) is 76.6 Å². The molecule has 0 atom stereocenters. The molecule has 0 N–H and O–H groups in total. The van der Waals surface area contributed by atoms with Gasteiger partial charge in [0.15, 0.2) is 11.6 Å². The monoisotopic (exact) mass is 867 g/mol. The first-order valence-electron chi connectivity index (χ1n) is 23.4. The number of aromatic nitrogens is 5. The molecule has 0 amide bonds. The van der Waals surface area contributed by atoms with E-state index in [0.29, 0.717) is 17.6 Å². The van der Waals surface area contributed by atoms with Crippen molar-refractivity contribution >= 4 is 92.8 Å². The van der Waals surface area contributed by atoms with Crippen LogP contribution in [0.25, 0.3) is 121 Å². The maximum absolute atomic E-state index is 5.35. The fourth-order valence-corrected chi connectivity index (χ4v) is 11.0. The Morgan fingerprint density at radius 1 is 0.309 bits per heavy atom. The Morgan fingerprint density at radius 3 is 1.29 bits per heavy atom. The Labute approximate surface area is 392 Å². The number of nitrogens with zero attached hydrogens (tertiary/aromatic N) is 5. The molecule has 318 valence electrons. The molecule has 13 aromatic rings. The van der Waals surface area contributed by atoms with Crippen LogP contribution >= 0.6 is 0 Å². The van der Waals surface area contributed by atoms with Gasteiger partial charge in [0.1, 0.15) is 0 Å². The normalized spacial score (nSPS) is 13.2. The Hall–Kier alpha value is -8.93. The second-order valence-corrected chi connectivity index (χ2v) is 17.8. The molecule has 0 saturated carbocycles. The molecule has 1 aliphatic carbocycles. The van der Waals surface area contributed by atoms with Crippen molar-refractivity contribution in [2.75, 3.05) is 0 Å². The number of hydrogen-bond donors (Lipinski definition) is 0. The Kier molecular flexibility index (Phi) is 8.65. The van der Waals surface area contributed by atoms with Crippen molar-refractivity contribution in [3.8, 4) is 28.7 Å². The molecular weight excluding hydrogens is 827 g/mol. The molecular formula is C63H41N5. The van der Waals surface area contributed by atoms with Crippen molar-refractivity contribution in [1.29, 1.82) is 0 Å². The average molecular weight is 868 g/mol. The van der Waals surface area contributed by atoms with Gasteiger partial charge in [-0.05, 0) is 86.1 Å². The third-order valence-electron chi connectivity index (χ3n) is 14.1. The number of hydrogen-bond acceptors (Lipinski definition) is 3. The number of fused-ring (bicyclic) bond motifs is 13. The summed E-state index contributed by atoms with van der Waals surface area (Å²) in [5.74, 6) is 1.83. The molecule has 0 radical (unpaired) electrons. The molecule has 3 aromatic heterocycles. The summed E-state index contributed by atoms with van der Waals surface area (Å²) in [4.78, 5) is 15.8. The first-order valence-corrected chi connectivity index (χ1v) is 23.4. The summed E-state index contributed by atoms with van der Waals surface area (Å²) >= 11 is 0. The fraction of sp³-hybridized carbons (Fsp3) is 0.0317. The first-order chi connectivity index (χ1) is 33.7. The topological polar surface area (TPSA) is 48.5 Å². The summed E-state index contributed by atoms with van der Waals surface area (Å²) in [6.07, 6.45) is 4.18. The summed E-state index contributed by atoms with van der Waals surface area (Å²) in [6, 6.07) is 78.4. The van der Waals surface area contributed by atoms with Gasteiger partial charge < -0.3 is 4.57 Å². The van der Waals surface area contributed by atoms with Gasteiger partial charge in [-0.2, -0.15) is 9.97 Å². The van der Waals surface area contributed by atoms with Gasteiger partial charge in [0.25, 0.3) is 0 Å². The molecule has 0 aliphatic heterocycles. The zero-order chi connectivity index (χ0) is 44.7. The highest BCUT2D eigenvalue weighted by molar-refractivity contribution is 6.27. The predicted octanol–water partition coefficient (Wildman–Crippen LogP) is 16.1. The first kappa shape index (κ1) is 38.3. The van der Waals surface area contributed by atoms with Crippen LogP contribution in [-0.2, 0) is 0 Å². The summed E-state index contributed by atoms with van der Waals surface area (Å²) < 4.78 is 4.86. The van der Waals surface area contributed by atoms with Gasteiger partial charge in [0.05, 0.1) is 22.1 Å². The molecule has 5 heteroatoms. The lowest BCUT2D eigenvalue weighted by Crippen LogP contribution is -2.08. The minimum atomic E-state index is 0.577. The van der Waals surface area contributed by atoms with Crippen molar-refractivity contribution in [2.45, 2.75) is 12.8 Å². The van der Waals surface area contributed by atoms with E-state index in [-0.39, 0.29) is 0 Å². The molecule has 0 unspecified atom stereocenters. The van der Waals surface area contributed by atoms with Crippen LogP contribution in [-0.4, -0.2) is 24.1 Å². The highest BCUT2D eigenvalue weighted by atomic mass is 15.2. The standard InChI is InChI=1S/C63H41N5/c1-4-18-40(19-5-1)54-38-44(43-32-34-49-47-26-11-10-24-45(47)46-25-12-13-27-48(46)55(49)39-43)33-37-58(54)67-56-30-16-14-28-50(56)52-35-36-53-51-29-15-17-31-57(51)68(60(53)59(52)67)63-65-61(41-20-6-2-7-21-41)64-62(66-63)42-22-8-3-9-23-42/h1-32,34-36,38-39H,33,37H2. The van der Waals surface area contributed by atoms with Crippen LogP contribution in [0.4, 0.5) is 0 Å². The minimum Gasteiger partial charge on any atom is -0.310 e. The van der Waals surface area contributed by atoms with Crippen molar-refractivity contribution < 1.29 is 0 Å². The van der Waals surface area contributed by atoms with Crippen LogP contribution in [0, 0.1) is 0 Å². The largest absolute Gasteiger partial charge is 0.310 e. The maximum atomic E-state index is 5.35. The van der Waals surface area contributed by atoms with Gasteiger partial charge in [0, 0.05) is 43.9 Å². The molecule has 0 bridgehead atoms. The molecule has 0 saturated heterocycles. The third-order valence-corrected chi connectivity index (χ3v) is 14.1. The molecule has 10 aromatic carbocycles. The van der Waals surface area contributed by atoms with Crippen molar-refractivity contribution in [3.05, 3.63) is 236 Å². The van der Waals surface area contributed by atoms with E-state index in [4.69, 9.17) is 15.0 Å². The van der Waals surface area contributed by atoms with E-state index in [0.717, 1.165) is 51.3 Å². The molecule has 14 rings (SSSR count). The van der Waals surface area contributed by atoms with E-state index >= 15 is 0 Å². The molecule has 1 aliphatic rings. The smallest absolute Gasteiger partial charge is 0.238 e. The van der Waals surface area contributed by atoms with E-state index in [1.54, 1.807) is 0 Å². The van der Waals surface area contributed by atoms with Crippen molar-refractivity contribution in [1.82, 2.24) is 24.1 Å². The number of para-hydroxylation sites is 2. The lowest BCUT2D eigenvalue weighted by Gasteiger charge is -2.24. The summed E-state index contributed by atoms with van der Waals surface area (Å²) in [6.45, 7) is 0.